The summed E-state index contributed by atoms with van der Waals surface area (Å²) in [6.45, 7) is 0. The highest BCUT2D eigenvalue weighted by Crippen LogP contribution is 2.64. The minimum atomic E-state index is -1.47. The van der Waals surface area contributed by atoms with Crippen LogP contribution < -0.4 is 5.73 Å². The Morgan fingerprint density at radius 1 is 1.35 bits per heavy atom. The fourth-order valence-electron chi connectivity index (χ4n) is 4.28. The molecular formula is C16H16N2O5. The Balaban J connectivity index is 1.62. The molecule has 7 heteroatoms. The molecule has 2 saturated carbocycles. The van der Waals surface area contributed by atoms with Crippen LogP contribution in [0.4, 0.5) is 0 Å². The molecule has 0 spiro atoms. The van der Waals surface area contributed by atoms with Gasteiger partial charge >= 0.3 is 11.9 Å². The number of hydrogen-bond donors (Lipinski definition) is 3. The number of carboxylic acid groups (broad SMARTS) is 2. The van der Waals surface area contributed by atoms with Crippen molar-refractivity contribution in [3.05, 3.63) is 30.2 Å². The molecule has 0 aliphatic heterocycles. The number of carbonyl (C=O) groups is 2. The van der Waals surface area contributed by atoms with Gasteiger partial charge in [0.1, 0.15) is 11.1 Å². The average molecular weight is 316 g/mol. The summed E-state index contributed by atoms with van der Waals surface area (Å²) in [4.78, 5) is 27.2. The monoisotopic (exact) mass is 316 g/mol. The number of nitrogens with two attached hydrogens (primary N) is 1. The normalized spacial score (nSPS) is 35.2. The van der Waals surface area contributed by atoms with E-state index in [0.717, 1.165) is 5.52 Å². The average Bonchev–Trinajstić information content (AvgIpc) is 3.03. The lowest BCUT2D eigenvalue weighted by Crippen LogP contribution is -2.50. The molecule has 120 valence electrons. The zero-order valence-electron chi connectivity index (χ0n) is 12.2. The van der Waals surface area contributed by atoms with Crippen LogP contribution in [-0.4, -0.2) is 32.7 Å². The van der Waals surface area contributed by atoms with Crippen molar-refractivity contribution in [1.29, 1.82) is 0 Å². The van der Waals surface area contributed by atoms with Crippen molar-refractivity contribution in [2.75, 3.05) is 0 Å². The molecule has 2 fully saturated rings. The topological polar surface area (TPSA) is 127 Å². The minimum Gasteiger partial charge on any atom is -0.481 e. The lowest BCUT2D eigenvalue weighted by atomic mass is 9.86. The second-order valence-corrected chi connectivity index (χ2v) is 6.56. The molecule has 1 heterocycles. The Hall–Kier alpha value is -2.41. The summed E-state index contributed by atoms with van der Waals surface area (Å²) >= 11 is 0. The lowest BCUT2D eigenvalue weighted by Gasteiger charge is -2.24. The first kappa shape index (κ1) is 14.2. The van der Waals surface area contributed by atoms with Crippen molar-refractivity contribution in [3.8, 4) is 0 Å². The summed E-state index contributed by atoms with van der Waals surface area (Å²) in [6, 6.07) is 7.35. The largest absolute Gasteiger partial charge is 0.481 e. The second-order valence-electron chi connectivity index (χ2n) is 6.56. The Bertz CT molecular complexity index is 783. The predicted molar refractivity (Wildman–Crippen MR) is 78.5 cm³/mol. The molecule has 0 amide bonds. The van der Waals surface area contributed by atoms with Gasteiger partial charge in [-0.05, 0) is 30.4 Å². The molecule has 23 heavy (non-hydrogen) atoms. The second kappa shape index (κ2) is 4.55. The molecule has 0 bridgehead atoms. The van der Waals surface area contributed by atoms with Crippen LogP contribution in [-0.2, 0) is 16.0 Å². The van der Waals surface area contributed by atoms with Crippen LogP contribution in [0.1, 0.15) is 12.3 Å². The van der Waals surface area contributed by atoms with E-state index in [-0.39, 0.29) is 18.3 Å². The van der Waals surface area contributed by atoms with E-state index in [4.69, 9.17) is 10.2 Å². The van der Waals surface area contributed by atoms with Crippen molar-refractivity contribution in [1.82, 2.24) is 4.98 Å². The predicted octanol–water partition coefficient (Wildman–Crippen LogP) is 1.12. The highest BCUT2D eigenvalue weighted by atomic mass is 16.4. The van der Waals surface area contributed by atoms with Gasteiger partial charge in [-0.3, -0.25) is 9.59 Å². The molecule has 2 aromatic rings. The zero-order chi connectivity index (χ0) is 16.4. The van der Waals surface area contributed by atoms with Gasteiger partial charge in [0.2, 0.25) is 0 Å². The Morgan fingerprint density at radius 2 is 2.09 bits per heavy atom. The molecule has 7 nitrogen and oxygen atoms in total. The summed E-state index contributed by atoms with van der Waals surface area (Å²) in [7, 11) is 0. The molecule has 5 atom stereocenters. The Morgan fingerprint density at radius 3 is 2.74 bits per heavy atom. The maximum atomic E-state index is 11.5. The summed E-state index contributed by atoms with van der Waals surface area (Å²) in [5.41, 5.74) is 5.96. The molecule has 5 unspecified atom stereocenters. The molecule has 1 aromatic heterocycles. The van der Waals surface area contributed by atoms with E-state index in [1.165, 1.54) is 0 Å². The summed E-state index contributed by atoms with van der Waals surface area (Å²) in [5, 5.41) is 18.7. The van der Waals surface area contributed by atoms with Crippen molar-refractivity contribution < 1.29 is 24.2 Å². The van der Waals surface area contributed by atoms with Gasteiger partial charge in [-0.15, -0.1) is 0 Å². The van der Waals surface area contributed by atoms with Crippen molar-refractivity contribution >= 4 is 23.0 Å². The van der Waals surface area contributed by atoms with Gasteiger partial charge in [-0.1, -0.05) is 12.1 Å². The molecule has 0 radical (unpaired) electrons. The zero-order valence-corrected chi connectivity index (χ0v) is 12.2. The number of benzene rings is 1. The smallest absolute Gasteiger partial charge is 0.324 e. The van der Waals surface area contributed by atoms with E-state index >= 15 is 0 Å². The number of fused-ring (bicyclic) bond motifs is 2. The van der Waals surface area contributed by atoms with Crippen LogP contribution in [0.2, 0.25) is 0 Å². The van der Waals surface area contributed by atoms with Gasteiger partial charge in [0.15, 0.2) is 11.5 Å². The van der Waals surface area contributed by atoms with Gasteiger partial charge < -0.3 is 20.4 Å². The van der Waals surface area contributed by atoms with Crippen LogP contribution in [0.5, 0.6) is 0 Å². The van der Waals surface area contributed by atoms with Gasteiger partial charge in [0.05, 0.1) is 5.92 Å². The van der Waals surface area contributed by atoms with Crippen LogP contribution >= 0.6 is 0 Å². The van der Waals surface area contributed by atoms with E-state index in [0.29, 0.717) is 17.9 Å². The lowest BCUT2D eigenvalue weighted by molar-refractivity contribution is -0.145. The number of aliphatic carboxylic acids is 2. The number of carboxylic acids is 2. The van der Waals surface area contributed by atoms with Crippen LogP contribution in [0, 0.1) is 23.7 Å². The highest BCUT2D eigenvalue weighted by Gasteiger charge is 2.73. The third-order valence-electron chi connectivity index (χ3n) is 5.27. The summed E-state index contributed by atoms with van der Waals surface area (Å²) < 4.78 is 5.67. The molecule has 2 aliphatic rings. The first-order chi connectivity index (χ1) is 10.9. The fraction of sp³-hybridized carbons (Fsp3) is 0.438. The van der Waals surface area contributed by atoms with E-state index in [9.17, 15) is 19.8 Å². The van der Waals surface area contributed by atoms with Crippen molar-refractivity contribution in [3.63, 3.8) is 0 Å². The Kier molecular flexibility index (Phi) is 2.81. The van der Waals surface area contributed by atoms with Crippen LogP contribution in [0.15, 0.2) is 28.7 Å². The maximum absolute atomic E-state index is 11.5. The molecule has 0 saturated heterocycles. The molecule has 4 N–H and O–H groups in total. The third kappa shape index (κ3) is 1.96. The minimum absolute atomic E-state index is 0.143. The summed E-state index contributed by atoms with van der Waals surface area (Å²) in [5.74, 6) is -3.15. The van der Waals surface area contributed by atoms with E-state index in [2.05, 4.69) is 4.98 Å². The highest BCUT2D eigenvalue weighted by molar-refractivity contribution is 5.85. The quantitative estimate of drug-likeness (QED) is 0.771. The standard InChI is InChI=1S/C16H16N2O5/c17-16(15(21)22)6-7(11-12(13(11)16)14(19)20)5-10-18-8-3-1-2-4-9(8)23-10/h1-4,7,11-13H,5-6,17H2,(H,19,20)(H,21,22). The first-order valence-corrected chi connectivity index (χ1v) is 7.51. The molecule has 2 aliphatic carbocycles. The molecule has 1 aromatic carbocycles. The molecular weight excluding hydrogens is 300 g/mol. The maximum Gasteiger partial charge on any atom is 0.324 e. The van der Waals surface area contributed by atoms with E-state index < -0.39 is 29.3 Å². The van der Waals surface area contributed by atoms with Gasteiger partial charge in [-0.25, -0.2) is 4.98 Å². The fourth-order valence-corrected chi connectivity index (χ4v) is 4.28. The third-order valence-corrected chi connectivity index (χ3v) is 5.27. The van der Waals surface area contributed by atoms with Gasteiger partial charge in [-0.2, -0.15) is 0 Å². The SMILES string of the molecule is NC1(C(=O)O)CC(Cc2nc3ccccc3o2)C2C(C(=O)O)C21. The van der Waals surface area contributed by atoms with Crippen molar-refractivity contribution in [2.45, 2.75) is 18.4 Å². The van der Waals surface area contributed by atoms with Gasteiger partial charge in [0.25, 0.3) is 0 Å². The number of rotatable bonds is 4. The first-order valence-electron chi connectivity index (χ1n) is 7.51. The van der Waals surface area contributed by atoms with E-state index in [1.54, 1.807) is 0 Å². The van der Waals surface area contributed by atoms with Crippen LogP contribution in [0.25, 0.3) is 11.1 Å². The van der Waals surface area contributed by atoms with Crippen LogP contribution in [0.3, 0.4) is 0 Å². The number of nitrogens with zero attached hydrogens (tertiary/aromatic N) is 1. The van der Waals surface area contributed by atoms with Gasteiger partial charge in [0, 0.05) is 12.3 Å². The number of hydrogen-bond acceptors (Lipinski definition) is 5. The number of para-hydroxylation sites is 2. The Labute approximate surface area is 131 Å². The molecule has 4 rings (SSSR count). The van der Waals surface area contributed by atoms with E-state index in [1.807, 2.05) is 24.3 Å². The number of oxazole rings is 1. The van der Waals surface area contributed by atoms with Crippen molar-refractivity contribution in [2.24, 2.45) is 29.4 Å². The summed E-state index contributed by atoms with van der Waals surface area (Å²) in [6.07, 6.45) is 0.659. The number of aromatic nitrogens is 1.